The van der Waals surface area contributed by atoms with Crippen molar-refractivity contribution in [1.29, 1.82) is 0 Å². The third kappa shape index (κ3) is 1.82. The summed E-state index contributed by atoms with van der Waals surface area (Å²) in [6.45, 7) is 4.02. The molecule has 102 valence electrons. The highest BCUT2D eigenvalue weighted by atomic mass is 19.1. The predicted molar refractivity (Wildman–Crippen MR) is 77.7 cm³/mol. The summed E-state index contributed by atoms with van der Waals surface area (Å²) in [6.07, 6.45) is 1.71. The van der Waals surface area contributed by atoms with E-state index in [1.807, 2.05) is 30.5 Å². The SMILES string of the molecule is CC(C)n1c(-c2c(N)cccc2F)nc2cccnc21. The lowest BCUT2D eigenvalue weighted by molar-refractivity contribution is 0.605. The van der Waals surface area contributed by atoms with Gasteiger partial charge in [0.05, 0.1) is 5.56 Å². The van der Waals surface area contributed by atoms with E-state index >= 15 is 0 Å². The van der Waals surface area contributed by atoms with Gasteiger partial charge in [0.15, 0.2) is 5.65 Å². The van der Waals surface area contributed by atoms with Crippen LogP contribution in [0.4, 0.5) is 10.1 Å². The van der Waals surface area contributed by atoms with E-state index in [9.17, 15) is 4.39 Å². The zero-order valence-electron chi connectivity index (χ0n) is 11.3. The molecule has 0 radical (unpaired) electrons. The minimum Gasteiger partial charge on any atom is -0.398 e. The second-order valence-corrected chi connectivity index (χ2v) is 4.95. The topological polar surface area (TPSA) is 56.7 Å². The van der Waals surface area contributed by atoms with Crippen molar-refractivity contribution in [2.75, 3.05) is 5.73 Å². The first-order chi connectivity index (χ1) is 9.59. The standard InChI is InChI=1S/C15H15FN4/c1-9(2)20-14-12(7-4-8-18-14)19-15(20)13-10(16)5-3-6-11(13)17/h3-9H,17H2,1-2H3. The highest BCUT2D eigenvalue weighted by Gasteiger charge is 2.20. The molecule has 2 heterocycles. The molecule has 20 heavy (non-hydrogen) atoms. The second-order valence-electron chi connectivity index (χ2n) is 4.95. The Bertz CT molecular complexity index is 756. The Labute approximate surface area is 116 Å². The molecule has 0 fully saturated rings. The lowest BCUT2D eigenvalue weighted by Crippen LogP contribution is -2.06. The summed E-state index contributed by atoms with van der Waals surface area (Å²) in [6, 6.07) is 8.44. The Morgan fingerprint density at radius 2 is 2.00 bits per heavy atom. The lowest BCUT2D eigenvalue weighted by atomic mass is 10.1. The highest BCUT2D eigenvalue weighted by Crippen LogP contribution is 2.32. The average molecular weight is 270 g/mol. The van der Waals surface area contributed by atoms with Crippen molar-refractivity contribution in [3.63, 3.8) is 0 Å². The highest BCUT2D eigenvalue weighted by molar-refractivity contribution is 5.81. The summed E-state index contributed by atoms with van der Waals surface area (Å²) in [7, 11) is 0. The largest absolute Gasteiger partial charge is 0.398 e. The van der Waals surface area contributed by atoms with E-state index in [-0.39, 0.29) is 11.9 Å². The predicted octanol–water partition coefficient (Wildman–Crippen LogP) is 3.40. The fourth-order valence-corrected chi connectivity index (χ4v) is 2.37. The molecule has 0 unspecified atom stereocenters. The summed E-state index contributed by atoms with van der Waals surface area (Å²) >= 11 is 0. The minimum absolute atomic E-state index is 0.101. The maximum absolute atomic E-state index is 14.2. The van der Waals surface area contributed by atoms with E-state index in [1.54, 1.807) is 18.3 Å². The number of rotatable bonds is 2. The Hall–Kier alpha value is -2.43. The Morgan fingerprint density at radius 3 is 2.70 bits per heavy atom. The van der Waals surface area contributed by atoms with Crippen molar-refractivity contribution in [1.82, 2.24) is 14.5 Å². The Morgan fingerprint density at radius 1 is 1.20 bits per heavy atom. The maximum Gasteiger partial charge on any atom is 0.160 e. The zero-order chi connectivity index (χ0) is 14.3. The van der Waals surface area contributed by atoms with Gasteiger partial charge in [-0.25, -0.2) is 14.4 Å². The summed E-state index contributed by atoms with van der Waals surface area (Å²) in [5.41, 5.74) is 8.11. The fraction of sp³-hybridized carbons (Fsp3) is 0.200. The lowest BCUT2D eigenvalue weighted by Gasteiger charge is -2.14. The smallest absolute Gasteiger partial charge is 0.160 e. The number of nitrogens with two attached hydrogens (primary N) is 1. The molecule has 4 nitrogen and oxygen atoms in total. The van der Waals surface area contributed by atoms with Gasteiger partial charge in [0.25, 0.3) is 0 Å². The number of aromatic nitrogens is 3. The fourth-order valence-electron chi connectivity index (χ4n) is 2.37. The van der Waals surface area contributed by atoms with E-state index in [2.05, 4.69) is 9.97 Å². The first-order valence-electron chi connectivity index (χ1n) is 6.47. The van der Waals surface area contributed by atoms with Crippen LogP contribution in [0.5, 0.6) is 0 Å². The van der Waals surface area contributed by atoms with Gasteiger partial charge in [-0.15, -0.1) is 0 Å². The van der Waals surface area contributed by atoms with E-state index in [4.69, 9.17) is 5.73 Å². The Balaban J connectivity index is 2.39. The summed E-state index contributed by atoms with van der Waals surface area (Å²) in [5, 5.41) is 0. The second kappa shape index (κ2) is 4.59. The third-order valence-electron chi connectivity index (χ3n) is 3.23. The van der Waals surface area contributed by atoms with E-state index in [0.29, 0.717) is 17.1 Å². The molecule has 0 atom stereocenters. The van der Waals surface area contributed by atoms with Crippen molar-refractivity contribution in [2.24, 2.45) is 0 Å². The number of fused-ring (bicyclic) bond motifs is 1. The molecule has 0 amide bonds. The van der Waals surface area contributed by atoms with Crippen LogP contribution < -0.4 is 5.73 Å². The van der Waals surface area contributed by atoms with Gasteiger partial charge in [-0.3, -0.25) is 0 Å². The van der Waals surface area contributed by atoms with Crippen LogP contribution >= 0.6 is 0 Å². The molecule has 0 saturated carbocycles. The molecule has 2 N–H and O–H groups in total. The van der Waals surface area contributed by atoms with Gasteiger partial charge < -0.3 is 10.3 Å². The van der Waals surface area contributed by atoms with Crippen LogP contribution in [0, 0.1) is 5.82 Å². The molecule has 3 rings (SSSR count). The van der Waals surface area contributed by atoms with E-state index < -0.39 is 0 Å². The van der Waals surface area contributed by atoms with Gasteiger partial charge in [-0.1, -0.05) is 6.07 Å². The van der Waals surface area contributed by atoms with Gasteiger partial charge in [0.1, 0.15) is 17.2 Å². The summed E-state index contributed by atoms with van der Waals surface area (Å²) < 4.78 is 16.1. The van der Waals surface area contributed by atoms with Gasteiger partial charge in [-0.2, -0.15) is 0 Å². The quantitative estimate of drug-likeness (QED) is 0.726. The average Bonchev–Trinajstić information content (AvgIpc) is 2.77. The van der Waals surface area contributed by atoms with Crippen LogP contribution in [0.15, 0.2) is 36.5 Å². The zero-order valence-corrected chi connectivity index (χ0v) is 11.3. The molecule has 5 heteroatoms. The normalized spacial score (nSPS) is 11.4. The maximum atomic E-state index is 14.2. The van der Waals surface area contributed by atoms with Crippen LogP contribution in [-0.2, 0) is 0 Å². The van der Waals surface area contributed by atoms with Crippen molar-refractivity contribution < 1.29 is 4.39 Å². The molecule has 3 aromatic rings. The van der Waals surface area contributed by atoms with Gasteiger partial charge in [0.2, 0.25) is 0 Å². The summed E-state index contributed by atoms with van der Waals surface area (Å²) in [5.74, 6) is 0.145. The molecule has 0 saturated heterocycles. The van der Waals surface area contributed by atoms with Crippen LogP contribution in [0.1, 0.15) is 19.9 Å². The first kappa shape index (κ1) is 12.6. The van der Waals surface area contributed by atoms with E-state index in [0.717, 1.165) is 11.2 Å². The number of halogens is 1. The number of anilines is 1. The summed E-state index contributed by atoms with van der Waals surface area (Å²) in [4.78, 5) is 8.85. The van der Waals surface area contributed by atoms with E-state index in [1.165, 1.54) is 6.07 Å². The molecule has 1 aromatic carbocycles. The van der Waals surface area contributed by atoms with Gasteiger partial charge in [0, 0.05) is 17.9 Å². The molecule has 0 bridgehead atoms. The molecular weight excluding hydrogens is 255 g/mol. The van der Waals surface area contributed by atoms with Gasteiger partial charge in [-0.05, 0) is 38.1 Å². The number of hydrogen-bond donors (Lipinski definition) is 1. The van der Waals surface area contributed by atoms with Crippen LogP contribution in [0.2, 0.25) is 0 Å². The number of benzene rings is 1. The molecular formula is C15H15FN4. The van der Waals surface area contributed by atoms with Crippen LogP contribution in [0.25, 0.3) is 22.6 Å². The first-order valence-corrected chi connectivity index (χ1v) is 6.47. The molecule has 0 aliphatic rings. The van der Waals surface area contributed by atoms with Crippen LogP contribution in [-0.4, -0.2) is 14.5 Å². The van der Waals surface area contributed by atoms with Crippen molar-refractivity contribution in [3.05, 3.63) is 42.3 Å². The molecule has 0 spiro atoms. The third-order valence-corrected chi connectivity index (χ3v) is 3.23. The van der Waals surface area contributed by atoms with Crippen molar-refractivity contribution in [3.8, 4) is 11.4 Å². The number of nitrogen functional groups attached to an aromatic ring is 1. The monoisotopic (exact) mass is 270 g/mol. The number of imidazole rings is 1. The van der Waals surface area contributed by atoms with Crippen LogP contribution in [0.3, 0.4) is 0 Å². The van der Waals surface area contributed by atoms with Gasteiger partial charge >= 0.3 is 0 Å². The van der Waals surface area contributed by atoms with Crippen molar-refractivity contribution >= 4 is 16.9 Å². The van der Waals surface area contributed by atoms with Crippen molar-refractivity contribution in [2.45, 2.75) is 19.9 Å². The molecule has 0 aliphatic carbocycles. The minimum atomic E-state index is -0.373. The number of nitrogens with zero attached hydrogens (tertiary/aromatic N) is 3. The molecule has 2 aromatic heterocycles. The Kier molecular flexibility index (Phi) is 2.89. The molecule has 0 aliphatic heterocycles. The number of pyridine rings is 1. The number of hydrogen-bond acceptors (Lipinski definition) is 3.